The molecule has 0 aromatic carbocycles. The van der Waals surface area contributed by atoms with E-state index in [-0.39, 0.29) is 0 Å². The molecule has 1 rings (SSSR count). The van der Waals surface area contributed by atoms with Gasteiger partial charge in [0, 0.05) is 6.54 Å². The number of hydrogen-bond acceptors (Lipinski definition) is 3. The lowest BCUT2D eigenvalue weighted by Gasteiger charge is -2.37. The van der Waals surface area contributed by atoms with Gasteiger partial charge in [-0.15, -0.1) is 0 Å². The molecule has 0 spiro atoms. The summed E-state index contributed by atoms with van der Waals surface area (Å²) in [7, 11) is 0. The zero-order valence-corrected chi connectivity index (χ0v) is 11.6. The van der Waals surface area contributed by atoms with Crippen molar-refractivity contribution in [3.8, 4) is 0 Å². The first-order valence-electron chi connectivity index (χ1n) is 6.24. The molecule has 0 aliphatic carbocycles. The molecule has 0 amide bonds. The first-order chi connectivity index (χ1) is 7.23. The SMILES string of the molecule is CC(C)C(C)(C)CNC1COC(C)(C)OC1. The lowest BCUT2D eigenvalue weighted by atomic mass is 9.81. The third-order valence-electron chi connectivity index (χ3n) is 3.67. The Labute approximate surface area is 99.9 Å². The highest BCUT2D eigenvalue weighted by molar-refractivity contribution is 4.80. The van der Waals surface area contributed by atoms with E-state index in [0.717, 1.165) is 19.8 Å². The molecule has 0 bridgehead atoms. The second kappa shape index (κ2) is 5.03. The molecule has 16 heavy (non-hydrogen) atoms. The summed E-state index contributed by atoms with van der Waals surface area (Å²) in [5.74, 6) is 0.257. The molecule has 1 fully saturated rings. The van der Waals surface area contributed by atoms with Gasteiger partial charge in [-0.1, -0.05) is 27.7 Å². The molecule has 0 unspecified atom stereocenters. The van der Waals surface area contributed by atoms with Gasteiger partial charge in [-0.25, -0.2) is 0 Å². The Bertz CT molecular complexity index is 214. The molecule has 1 heterocycles. The Morgan fingerprint density at radius 2 is 1.75 bits per heavy atom. The third-order valence-corrected chi connectivity index (χ3v) is 3.67. The Morgan fingerprint density at radius 1 is 1.25 bits per heavy atom. The summed E-state index contributed by atoms with van der Waals surface area (Å²) in [5, 5.41) is 3.53. The predicted octanol–water partition coefficient (Wildman–Crippen LogP) is 2.41. The van der Waals surface area contributed by atoms with E-state index in [1.807, 2.05) is 13.8 Å². The van der Waals surface area contributed by atoms with E-state index in [1.54, 1.807) is 0 Å². The van der Waals surface area contributed by atoms with Crippen LogP contribution in [0.4, 0.5) is 0 Å². The summed E-state index contributed by atoms with van der Waals surface area (Å²) in [5.41, 5.74) is 0.312. The van der Waals surface area contributed by atoms with Gasteiger partial charge >= 0.3 is 0 Å². The Hall–Kier alpha value is -0.120. The van der Waals surface area contributed by atoms with Gasteiger partial charge < -0.3 is 14.8 Å². The van der Waals surface area contributed by atoms with Crippen LogP contribution < -0.4 is 5.32 Å². The monoisotopic (exact) mass is 229 g/mol. The zero-order chi connectivity index (χ0) is 12.4. The summed E-state index contributed by atoms with van der Waals surface area (Å²) < 4.78 is 11.2. The van der Waals surface area contributed by atoms with E-state index in [9.17, 15) is 0 Å². The Balaban J connectivity index is 2.30. The molecule has 1 N–H and O–H groups in total. The second-order valence-corrected chi connectivity index (χ2v) is 6.24. The highest BCUT2D eigenvalue weighted by Gasteiger charge is 2.30. The fraction of sp³-hybridized carbons (Fsp3) is 1.00. The highest BCUT2D eigenvalue weighted by atomic mass is 16.7. The maximum Gasteiger partial charge on any atom is 0.162 e. The van der Waals surface area contributed by atoms with Crippen molar-refractivity contribution in [3.63, 3.8) is 0 Å². The van der Waals surface area contributed by atoms with Crippen molar-refractivity contribution in [3.05, 3.63) is 0 Å². The van der Waals surface area contributed by atoms with Crippen LogP contribution in [0.5, 0.6) is 0 Å². The van der Waals surface area contributed by atoms with Gasteiger partial charge in [0.2, 0.25) is 0 Å². The van der Waals surface area contributed by atoms with Crippen molar-refractivity contribution in [1.29, 1.82) is 0 Å². The van der Waals surface area contributed by atoms with Gasteiger partial charge in [-0.05, 0) is 25.2 Å². The van der Waals surface area contributed by atoms with Gasteiger partial charge in [0.25, 0.3) is 0 Å². The van der Waals surface area contributed by atoms with Crippen molar-refractivity contribution >= 4 is 0 Å². The summed E-state index contributed by atoms with van der Waals surface area (Å²) in [4.78, 5) is 0. The Kier molecular flexibility index (Phi) is 4.38. The average Bonchev–Trinajstić information content (AvgIpc) is 2.16. The first kappa shape index (κ1) is 13.9. The van der Waals surface area contributed by atoms with Crippen LogP contribution in [0, 0.1) is 11.3 Å². The van der Waals surface area contributed by atoms with Gasteiger partial charge in [0.1, 0.15) is 0 Å². The van der Waals surface area contributed by atoms with Crippen molar-refractivity contribution in [2.24, 2.45) is 11.3 Å². The van der Waals surface area contributed by atoms with Crippen LogP contribution in [-0.2, 0) is 9.47 Å². The van der Waals surface area contributed by atoms with Gasteiger partial charge in [0.15, 0.2) is 5.79 Å². The minimum Gasteiger partial charge on any atom is -0.349 e. The van der Waals surface area contributed by atoms with Crippen molar-refractivity contribution < 1.29 is 9.47 Å². The molecule has 0 aromatic heterocycles. The van der Waals surface area contributed by atoms with Crippen molar-refractivity contribution in [1.82, 2.24) is 5.32 Å². The maximum atomic E-state index is 5.62. The summed E-state index contributed by atoms with van der Waals surface area (Å²) >= 11 is 0. The fourth-order valence-electron chi connectivity index (χ4n) is 1.42. The van der Waals surface area contributed by atoms with Crippen LogP contribution in [0.3, 0.4) is 0 Å². The minimum absolute atomic E-state index is 0.312. The molecule has 0 atom stereocenters. The van der Waals surface area contributed by atoms with Gasteiger partial charge in [-0.2, -0.15) is 0 Å². The van der Waals surface area contributed by atoms with Crippen LogP contribution in [0.15, 0.2) is 0 Å². The van der Waals surface area contributed by atoms with Crippen LogP contribution >= 0.6 is 0 Å². The zero-order valence-electron chi connectivity index (χ0n) is 11.6. The molecule has 1 aliphatic rings. The molecular formula is C13H27NO2. The fourth-order valence-corrected chi connectivity index (χ4v) is 1.42. The molecule has 0 aromatic rings. The summed E-state index contributed by atoms with van der Waals surface area (Å²) in [6.07, 6.45) is 0. The summed E-state index contributed by atoms with van der Waals surface area (Å²) in [6.45, 7) is 15.5. The Morgan fingerprint density at radius 3 is 2.19 bits per heavy atom. The topological polar surface area (TPSA) is 30.5 Å². The van der Waals surface area contributed by atoms with E-state index >= 15 is 0 Å². The number of rotatable bonds is 4. The largest absolute Gasteiger partial charge is 0.349 e. The lowest BCUT2D eigenvalue weighted by molar-refractivity contribution is -0.253. The molecule has 3 heteroatoms. The molecule has 0 radical (unpaired) electrons. The third kappa shape index (κ3) is 4.04. The first-order valence-corrected chi connectivity index (χ1v) is 6.24. The molecule has 1 aliphatic heterocycles. The maximum absolute atomic E-state index is 5.62. The van der Waals surface area contributed by atoms with E-state index in [1.165, 1.54) is 0 Å². The van der Waals surface area contributed by atoms with Crippen molar-refractivity contribution in [2.45, 2.75) is 53.4 Å². The standard InChI is InChI=1S/C13H27NO2/c1-10(2)12(3,4)9-14-11-7-15-13(5,6)16-8-11/h10-11,14H,7-9H2,1-6H3. The van der Waals surface area contributed by atoms with E-state index in [4.69, 9.17) is 9.47 Å². The number of ether oxygens (including phenoxy) is 2. The molecule has 3 nitrogen and oxygen atoms in total. The molecule has 1 saturated heterocycles. The van der Waals surface area contributed by atoms with E-state index < -0.39 is 5.79 Å². The highest BCUT2D eigenvalue weighted by Crippen LogP contribution is 2.25. The quantitative estimate of drug-likeness (QED) is 0.803. The van der Waals surface area contributed by atoms with Gasteiger partial charge in [-0.3, -0.25) is 0 Å². The average molecular weight is 229 g/mol. The van der Waals surface area contributed by atoms with E-state index in [2.05, 4.69) is 33.0 Å². The number of nitrogens with one attached hydrogen (secondary N) is 1. The molecule has 0 saturated carbocycles. The van der Waals surface area contributed by atoms with Crippen LogP contribution in [-0.4, -0.2) is 31.6 Å². The van der Waals surface area contributed by atoms with Crippen LogP contribution in [0.1, 0.15) is 41.5 Å². The van der Waals surface area contributed by atoms with E-state index in [0.29, 0.717) is 17.4 Å². The minimum atomic E-state index is -0.411. The number of hydrogen-bond donors (Lipinski definition) is 1. The summed E-state index contributed by atoms with van der Waals surface area (Å²) in [6, 6.07) is 0.325. The van der Waals surface area contributed by atoms with Gasteiger partial charge in [0.05, 0.1) is 19.3 Å². The second-order valence-electron chi connectivity index (χ2n) is 6.24. The smallest absolute Gasteiger partial charge is 0.162 e. The molecular weight excluding hydrogens is 202 g/mol. The predicted molar refractivity (Wildman–Crippen MR) is 66.4 cm³/mol. The molecule has 96 valence electrons. The lowest BCUT2D eigenvalue weighted by Crippen LogP contribution is -2.50. The van der Waals surface area contributed by atoms with Crippen molar-refractivity contribution in [2.75, 3.05) is 19.8 Å². The normalized spacial score (nSPS) is 22.7. The van der Waals surface area contributed by atoms with Crippen LogP contribution in [0.25, 0.3) is 0 Å². The van der Waals surface area contributed by atoms with Crippen LogP contribution in [0.2, 0.25) is 0 Å².